The predicted molar refractivity (Wildman–Crippen MR) is 115 cm³/mol. The van der Waals surface area contributed by atoms with Gasteiger partial charge in [0.25, 0.3) is 0 Å². The van der Waals surface area contributed by atoms with Crippen molar-refractivity contribution in [3.05, 3.63) is 59.7 Å². The van der Waals surface area contributed by atoms with E-state index in [4.69, 9.17) is 9.47 Å². The van der Waals surface area contributed by atoms with Crippen molar-refractivity contribution in [1.29, 1.82) is 0 Å². The van der Waals surface area contributed by atoms with E-state index in [0.717, 1.165) is 42.2 Å². The molecular formula is C26H32F2O2. The van der Waals surface area contributed by atoms with Gasteiger partial charge in [-0.3, -0.25) is 0 Å². The van der Waals surface area contributed by atoms with Crippen LogP contribution in [0.3, 0.4) is 0 Å². The van der Waals surface area contributed by atoms with E-state index in [1.165, 1.54) is 51.0 Å². The molecule has 0 atom stereocenters. The molecule has 0 unspecified atom stereocenters. The van der Waals surface area contributed by atoms with E-state index in [-0.39, 0.29) is 6.29 Å². The number of rotatable bonds is 6. The van der Waals surface area contributed by atoms with Gasteiger partial charge in [0.2, 0.25) is 0 Å². The Morgan fingerprint density at radius 2 is 1.47 bits per heavy atom. The van der Waals surface area contributed by atoms with Gasteiger partial charge in [0, 0.05) is 11.5 Å². The minimum absolute atomic E-state index is 0.346. The Hall–Kier alpha value is -1.78. The lowest BCUT2D eigenvalue weighted by Crippen LogP contribution is -2.34. The van der Waals surface area contributed by atoms with E-state index in [1.807, 2.05) is 24.3 Å². The van der Waals surface area contributed by atoms with Crippen molar-refractivity contribution in [1.82, 2.24) is 0 Å². The number of benzene rings is 2. The summed E-state index contributed by atoms with van der Waals surface area (Å²) in [6, 6.07) is 11.7. The molecule has 4 rings (SSSR count). The molecule has 4 heteroatoms. The molecule has 162 valence electrons. The average molecular weight is 415 g/mol. The molecule has 2 aromatic rings. The Morgan fingerprint density at radius 1 is 0.800 bits per heavy atom. The minimum Gasteiger partial charge on any atom is -0.348 e. The Morgan fingerprint density at radius 3 is 2.10 bits per heavy atom. The van der Waals surface area contributed by atoms with Crippen LogP contribution in [0.4, 0.5) is 8.78 Å². The lowest BCUT2D eigenvalue weighted by atomic mass is 9.74. The second-order valence-electron chi connectivity index (χ2n) is 8.93. The van der Waals surface area contributed by atoms with Gasteiger partial charge < -0.3 is 9.47 Å². The number of hydrogen-bond donors (Lipinski definition) is 0. The zero-order valence-electron chi connectivity index (χ0n) is 17.8. The molecule has 0 amide bonds. The zero-order valence-corrected chi connectivity index (χ0v) is 17.8. The number of hydrogen-bond acceptors (Lipinski definition) is 2. The number of ether oxygens (including phenoxy) is 2. The highest BCUT2D eigenvalue weighted by Gasteiger charge is 2.32. The van der Waals surface area contributed by atoms with Gasteiger partial charge in [-0.25, -0.2) is 8.78 Å². The second kappa shape index (κ2) is 10.0. The van der Waals surface area contributed by atoms with Gasteiger partial charge in [-0.05, 0) is 47.9 Å². The molecule has 2 fully saturated rings. The first kappa shape index (κ1) is 21.5. The summed E-state index contributed by atoms with van der Waals surface area (Å²) < 4.78 is 38.8. The Bertz CT molecular complexity index is 804. The van der Waals surface area contributed by atoms with Gasteiger partial charge in [0.05, 0.1) is 13.2 Å². The van der Waals surface area contributed by atoms with Gasteiger partial charge in [0.1, 0.15) is 0 Å². The van der Waals surface area contributed by atoms with Gasteiger partial charge in [-0.15, -0.1) is 0 Å². The molecule has 1 saturated heterocycles. The molecule has 0 radical (unpaired) electrons. The highest BCUT2D eigenvalue weighted by atomic mass is 19.2. The summed E-state index contributed by atoms with van der Waals surface area (Å²) in [5.41, 5.74) is 2.45. The summed E-state index contributed by atoms with van der Waals surface area (Å²) in [5, 5.41) is 0. The second-order valence-corrected chi connectivity index (χ2v) is 8.93. The van der Waals surface area contributed by atoms with E-state index >= 15 is 0 Å². The van der Waals surface area contributed by atoms with Crippen molar-refractivity contribution >= 4 is 0 Å². The molecule has 2 nitrogen and oxygen atoms in total. The fourth-order valence-corrected chi connectivity index (χ4v) is 4.93. The standard InChI is InChI=1S/C26H32F2O2/c1-2-3-4-18-5-7-20(8-6-18)23-16-29-26(30-17-23)21-11-9-19(10-12-21)22-13-14-24(27)25(28)15-22/h9-15,18,20,23,26H,2-8,16-17H2,1H3. The molecule has 1 heterocycles. The summed E-state index contributed by atoms with van der Waals surface area (Å²) >= 11 is 0. The Balaban J connectivity index is 1.28. The third-order valence-electron chi connectivity index (χ3n) is 6.88. The summed E-state index contributed by atoms with van der Waals surface area (Å²) in [4.78, 5) is 0. The molecule has 0 spiro atoms. The van der Waals surface area contributed by atoms with Crippen molar-refractivity contribution in [3.63, 3.8) is 0 Å². The van der Waals surface area contributed by atoms with Gasteiger partial charge in [-0.1, -0.05) is 69.4 Å². The molecular weight excluding hydrogens is 382 g/mol. The van der Waals surface area contributed by atoms with Crippen LogP contribution in [0, 0.1) is 29.4 Å². The molecule has 0 bridgehead atoms. The van der Waals surface area contributed by atoms with Crippen LogP contribution in [-0.4, -0.2) is 13.2 Å². The third-order valence-corrected chi connectivity index (χ3v) is 6.88. The van der Waals surface area contributed by atoms with E-state index in [2.05, 4.69) is 6.92 Å². The highest BCUT2D eigenvalue weighted by Crippen LogP contribution is 2.38. The van der Waals surface area contributed by atoms with Crippen LogP contribution in [0.1, 0.15) is 63.7 Å². The van der Waals surface area contributed by atoms with Crippen LogP contribution >= 0.6 is 0 Å². The number of halogens is 2. The monoisotopic (exact) mass is 414 g/mol. The van der Waals surface area contributed by atoms with Crippen LogP contribution in [-0.2, 0) is 9.47 Å². The summed E-state index contributed by atoms with van der Waals surface area (Å²) in [6.07, 6.45) is 9.03. The third kappa shape index (κ3) is 5.09. The topological polar surface area (TPSA) is 18.5 Å². The van der Waals surface area contributed by atoms with Crippen LogP contribution < -0.4 is 0 Å². The Kier molecular flexibility index (Phi) is 7.16. The summed E-state index contributed by atoms with van der Waals surface area (Å²) in [5.74, 6) is 0.478. The van der Waals surface area contributed by atoms with Crippen molar-refractivity contribution in [2.75, 3.05) is 13.2 Å². The smallest absolute Gasteiger partial charge is 0.183 e. The molecule has 2 aliphatic rings. The van der Waals surface area contributed by atoms with Gasteiger partial charge >= 0.3 is 0 Å². The van der Waals surface area contributed by atoms with Crippen molar-refractivity contribution in [3.8, 4) is 11.1 Å². The molecule has 30 heavy (non-hydrogen) atoms. The molecule has 1 aliphatic carbocycles. The van der Waals surface area contributed by atoms with E-state index in [1.54, 1.807) is 6.07 Å². The van der Waals surface area contributed by atoms with Crippen LogP contribution in [0.15, 0.2) is 42.5 Å². The lowest BCUT2D eigenvalue weighted by Gasteiger charge is -2.38. The zero-order chi connectivity index (χ0) is 20.9. The molecule has 0 aromatic heterocycles. The maximum absolute atomic E-state index is 13.5. The first-order valence-corrected chi connectivity index (χ1v) is 11.4. The van der Waals surface area contributed by atoms with E-state index in [0.29, 0.717) is 11.5 Å². The average Bonchev–Trinajstić information content (AvgIpc) is 2.80. The van der Waals surface area contributed by atoms with E-state index < -0.39 is 11.6 Å². The normalized spacial score (nSPS) is 27.2. The van der Waals surface area contributed by atoms with Gasteiger partial charge in [0.15, 0.2) is 17.9 Å². The quantitative estimate of drug-likeness (QED) is 0.494. The summed E-state index contributed by atoms with van der Waals surface area (Å²) in [6.45, 7) is 3.77. The van der Waals surface area contributed by atoms with Crippen molar-refractivity contribution < 1.29 is 18.3 Å². The van der Waals surface area contributed by atoms with E-state index in [9.17, 15) is 8.78 Å². The molecule has 1 aliphatic heterocycles. The maximum atomic E-state index is 13.5. The first-order chi connectivity index (χ1) is 14.6. The fraction of sp³-hybridized carbons (Fsp3) is 0.538. The fourth-order valence-electron chi connectivity index (χ4n) is 4.93. The SMILES string of the molecule is CCCCC1CCC(C2COC(c3ccc(-c4ccc(F)c(F)c4)cc3)OC2)CC1. The van der Waals surface area contributed by atoms with Crippen molar-refractivity contribution in [2.45, 2.75) is 58.2 Å². The first-order valence-electron chi connectivity index (χ1n) is 11.4. The van der Waals surface area contributed by atoms with Crippen molar-refractivity contribution in [2.24, 2.45) is 17.8 Å². The van der Waals surface area contributed by atoms with Crippen LogP contribution in [0.25, 0.3) is 11.1 Å². The van der Waals surface area contributed by atoms with Crippen LogP contribution in [0.5, 0.6) is 0 Å². The number of unbranched alkanes of at least 4 members (excludes halogenated alkanes) is 1. The minimum atomic E-state index is -0.832. The largest absolute Gasteiger partial charge is 0.348 e. The predicted octanol–water partition coefficient (Wildman–Crippen LogP) is 7.29. The molecule has 1 saturated carbocycles. The van der Waals surface area contributed by atoms with Gasteiger partial charge in [-0.2, -0.15) is 0 Å². The lowest BCUT2D eigenvalue weighted by molar-refractivity contribution is -0.214. The molecule has 0 N–H and O–H groups in total. The maximum Gasteiger partial charge on any atom is 0.183 e. The van der Waals surface area contributed by atoms with Crippen LogP contribution in [0.2, 0.25) is 0 Å². The summed E-state index contributed by atoms with van der Waals surface area (Å²) in [7, 11) is 0. The Labute approximate surface area is 178 Å². The highest BCUT2D eigenvalue weighted by molar-refractivity contribution is 5.63. The molecule has 2 aromatic carbocycles.